The summed E-state index contributed by atoms with van der Waals surface area (Å²) in [7, 11) is 0. The molecule has 0 saturated heterocycles. The molecule has 0 aliphatic rings. The fraction of sp³-hybridized carbons (Fsp3) is 0.909. The summed E-state index contributed by atoms with van der Waals surface area (Å²) in [5.74, 6) is 0.127. The molecule has 0 aliphatic heterocycles. The Morgan fingerprint density at radius 1 is 1.27 bits per heavy atom. The van der Waals surface area contributed by atoms with Crippen LogP contribution in [0.4, 0.5) is 0 Å². The van der Waals surface area contributed by atoms with Gasteiger partial charge >= 0.3 is 0 Å². The molecule has 0 spiro atoms. The molecule has 0 radical (unpaired) electrons. The molecular weight excluding hydrogens is 192 g/mol. The van der Waals surface area contributed by atoms with Gasteiger partial charge in [-0.1, -0.05) is 26.2 Å². The smallest absolute Gasteiger partial charge is 0.220 e. The van der Waals surface area contributed by atoms with Crippen molar-refractivity contribution in [1.29, 1.82) is 0 Å². The van der Waals surface area contributed by atoms with E-state index in [1.807, 2.05) is 0 Å². The second kappa shape index (κ2) is 11.5. The Balaban J connectivity index is 3.11. The van der Waals surface area contributed by atoms with Gasteiger partial charge in [-0.15, -0.1) is 0 Å². The summed E-state index contributed by atoms with van der Waals surface area (Å²) in [4.78, 5) is 11.2. The van der Waals surface area contributed by atoms with Gasteiger partial charge in [0.15, 0.2) is 0 Å². The van der Waals surface area contributed by atoms with Gasteiger partial charge in [0.2, 0.25) is 5.91 Å². The minimum atomic E-state index is 0.127. The summed E-state index contributed by atoms with van der Waals surface area (Å²) in [5, 5.41) is 2.81. The van der Waals surface area contributed by atoms with Crippen molar-refractivity contribution in [2.45, 2.75) is 39.0 Å². The van der Waals surface area contributed by atoms with Crippen LogP contribution in [0.2, 0.25) is 0 Å². The van der Waals surface area contributed by atoms with E-state index in [0.29, 0.717) is 32.7 Å². The van der Waals surface area contributed by atoms with Crippen molar-refractivity contribution >= 4 is 5.91 Å². The standard InChI is InChI=1S/C11H24N2O2/c1-2-3-4-5-6-11(14)13-8-10-15-9-7-12/h2-10,12H2,1H3,(H,13,14). The second-order valence-electron chi connectivity index (χ2n) is 3.56. The Morgan fingerprint density at radius 3 is 2.73 bits per heavy atom. The zero-order valence-electron chi connectivity index (χ0n) is 9.76. The van der Waals surface area contributed by atoms with Crippen LogP contribution in [-0.2, 0) is 9.53 Å². The van der Waals surface area contributed by atoms with Gasteiger partial charge in [0.25, 0.3) is 0 Å². The van der Waals surface area contributed by atoms with E-state index in [9.17, 15) is 4.79 Å². The van der Waals surface area contributed by atoms with Crippen LogP contribution in [0.25, 0.3) is 0 Å². The van der Waals surface area contributed by atoms with Crippen LogP contribution in [0.15, 0.2) is 0 Å². The van der Waals surface area contributed by atoms with Crippen molar-refractivity contribution in [3.8, 4) is 0 Å². The largest absolute Gasteiger partial charge is 0.378 e. The fourth-order valence-electron chi connectivity index (χ4n) is 1.25. The molecule has 0 aromatic rings. The maximum Gasteiger partial charge on any atom is 0.220 e. The number of rotatable bonds is 10. The molecule has 15 heavy (non-hydrogen) atoms. The fourth-order valence-corrected chi connectivity index (χ4v) is 1.25. The van der Waals surface area contributed by atoms with Gasteiger partial charge in [-0.2, -0.15) is 0 Å². The van der Waals surface area contributed by atoms with Crippen LogP contribution in [0.3, 0.4) is 0 Å². The van der Waals surface area contributed by atoms with Gasteiger partial charge < -0.3 is 15.8 Å². The third-order valence-corrected chi connectivity index (χ3v) is 2.09. The van der Waals surface area contributed by atoms with E-state index in [0.717, 1.165) is 12.8 Å². The van der Waals surface area contributed by atoms with E-state index in [-0.39, 0.29) is 5.91 Å². The highest BCUT2D eigenvalue weighted by atomic mass is 16.5. The lowest BCUT2D eigenvalue weighted by Crippen LogP contribution is -2.27. The third-order valence-electron chi connectivity index (χ3n) is 2.09. The zero-order chi connectivity index (χ0) is 11.4. The molecule has 0 rings (SSSR count). The van der Waals surface area contributed by atoms with E-state index in [4.69, 9.17) is 10.5 Å². The first-order valence-electron chi connectivity index (χ1n) is 5.85. The maximum absolute atomic E-state index is 11.2. The number of carbonyl (C=O) groups is 1. The first kappa shape index (κ1) is 14.4. The van der Waals surface area contributed by atoms with E-state index in [1.54, 1.807) is 0 Å². The van der Waals surface area contributed by atoms with Gasteiger partial charge in [-0.3, -0.25) is 4.79 Å². The van der Waals surface area contributed by atoms with Crippen molar-refractivity contribution in [2.24, 2.45) is 5.73 Å². The minimum absolute atomic E-state index is 0.127. The predicted octanol–water partition coefficient (Wildman–Crippen LogP) is 1.05. The zero-order valence-corrected chi connectivity index (χ0v) is 9.76. The average molecular weight is 216 g/mol. The molecule has 4 heteroatoms. The lowest BCUT2D eigenvalue weighted by molar-refractivity contribution is -0.121. The second-order valence-corrected chi connectivity index (χ2v) is 3.56. The molecule has 0 aliphatic carbocycles. The third kappa shape index (κ3) is 11.3. The van der Waals surface area contributed by atoms with Gasteiger partial charge in [-0.05, 0) is 6.42 Å². The molecule has 0 atom stereocenters. The lowest BCUT2D eigenvalue weighted by atomic mass is 10.1. The maximum atomic E-state index is 11.2. The molecule has 3 N–H and O–H groups in total. The normalized spacial score (nSPS) is 10.3. The highest BCUT2D eigenvalue weighted by molar-refractivity contribution is 5.75. The Kier molecular flexibility index (Phi) is 11.0. The number of unbranched alkanes of at least 4 members (excludes halogenated alkanes) is 3. The number of carbonyl (C=O) groups excluding carboxylic acids is 1. The number of ether oxygens (including phenoxy) is 1. The summed E-state index contributed by atoms with van der Waals surface area (Å²) < 4.78 is 5.14. The van der Waals surface area contributed by atoms with E-state index < -0.39 is 0 Å². The molecule has 0 aromatic heterocycles. The summed E-state index contributed by atoms with van der Waals surface area (Å²) >= 11 is 0. The van der Waals surface area contributed by atoms with Crippen molar-refractivity contribution in [2.75, 3.05) is 26.3 Å². The van der Waals surface area contributed by atoms with E-state index in [1.165, 1.54) is 12.8 Å². The molecule has 90 valence electrons. The Morgan fingerprint density at radius 2 is 2.07 bits per heavy atom. The highest BCUT2D eigenvalue weighted by Crippen LogP contribution is 2.01. The van der Waals surface area contributed by atoms with Crippen LogP contribution in [0, 0.1) is 0 Å². The summed E-state index contributed by atoms with van der Waals surface area (Å²) in [6.45, 7) is 4.40. The van der Waals surface area contributed by atoms with Gasteiger partial charge in [0.1, 0.15) is 0 Å². The first-order chi connectivity index (χ1) is 7.31. The van der Waals surface area contributed by atoms with Crippen LogP contribution < -0.4 is 11.1 Å². The van der Waals surface area contributed by atoms with Crippen molar-refractivity contribution in [1.82, 2.24) is 5.32 Å². The minimum Gasteiger partial charge on any atom is -0.378 e. The van der Waals surface area contributed by atoms with Crippen LogP contribution in [0.5, 0.6) is 0 Å². The first-order valence-corrected chi connectivity index (χ1v) is 5.85. The summed E-state index contributed by atoms with van der Waals surface area (Å²) in [6, 6.07) is 0. The monoisotopic (exact) mass is 216 g/mol. The van der Waals surface area contributed by atoms with Gasteiger partial charge in [0, 0.05) is 19.5 Å². The Hall–Kier alpha value is -0.610. The van der Waals surface area contributed by atoms with Crippen LogP contribution >= 0.6 is 0 Å². The summed E-state index contributed by atoms with van der Waals surface area (Å²) in [5.41, 5.74) is 5.25. The predicted molar refractivity (Wildman–Crippen MR) is 61.6 cm³/mol. The Labute approximate surface area is 92.6 Å². The van der Waals surface area contributed by atoms with Gasteiger partial charge in [-0.25, -0.2) is 0 Å². The van der Waals surface area contributed by atoms with E-state index in [2.05, 4.69) is 12.2 Å². The number of nitrogens with two attached hydrogens (primary N) is 1. The molecule has 0 aromatic carbocycles. The molecule has 1 amide bonds. The van der Waals surface area contributed by atoms with Crippen LogP contribution in [0.1, 0.15) is 39.0 Å². The highest BCUT2D eigenvalue weighted by Gasteiger charge is 1.99. The molecular formula is C11H24N2O2. The number of nitrogens with one attached hydrogen (secondary N) is 1. The van der Waals surface area contributed by atoms with E-state index >= 15 is 0 Å². The number of hydrogen-bond acceptors (Lipinski definition) is 3. The molecule has 0 heterocycles. The quantitative estimate of drug-likeness (QED) is 0.536. The van der Waals surface area contributed by atoms with Crippen molar-refractivity contribution in [3.05, 3.63) is 0 Å². The number of hydrogen-bond donors (Lipinski definition) is 2. The molecule has 4 nitrogen and oxygen atoms in total. The number of amides is 1. The van der Waals surface area contributed by atoms with Crippen molar-refractivity contribution in [3.63, 3.8) is 0 Å². The van der Waals surface area contributed by atoms with Gasteiger partial charge in [0.05, 0.1) is 13.2 Å². The Bertz CT molecular complexity index is 152. The summed E-state index contributed by atoms with van der Waals surface area (Å²) in [6.07, 6.45) is 5.19. The molecule has 0 unspecified atom stereocenters. The average Bonchev–Trinajstić information content (AvgIpc) is 2.24. The molecule has 0 saturated carbocycles. The molecule has 0 bridgehead atoms. The molecule has 0 fully saturated rings. The topological polar surface area (TPSA) is 64.3 Å². The SMILES string of the molecule is CCCCCCC(=O)NCCOCCN. The van der Waals surface area contributed by atoms with Crippen LogP contribution in [-0.4, -0.2) is 32.2 Å². The lowest BCUT2D eigenvalue weighted by Gasteiger charge is -2.05. The van der Waals surface area contributed by atoms with Crippen molar-refractivity contribution < 1.29 is 9.53 Å².